The molecule has 2 rings (SSSR count). The Kier molecular flexibility index (Phi) is 3.79. The lowest BCUT2D eigenvalue weighted by Gasteiger charge is -2.24. The average molecular weight is 203 g/mol. The van der Waals surface area contributed by atoms with E-state index in [9.17, 15) is 0 Å². The number of hydrogen-bond acceptors (Lipinski definition) is 1. The summed E-state index contributed by atoms with van der Waals surface area (Å²) in [5, 5.41) is 3.60. The molecule has 1 nitrogen and oxygen atoms in total. The van der Waals surface area contributed by atoms with Crippen molar-refractivity contribution in [1.29, 1.82) is 0 Å². The first-order chi connectivity index (χ1) is 7.40. The van der Waals surface area contributed by atoms with Crippen molar-refractivity contribution in [3.8, 4) is 0 Å². The molecule has 82 valence electrons. The van der Waals surface area contributed by atoms with Crippen LogP contribution in [0.5, 0.6) is 0 Å². The highest BCUT2D eigenvalue weighted by molar-refractivity contribution is 5.26. The van der Waals surface area contributed by atoms with Crippen LogP contribution in [0.4, 0.5) is 0 Å². The van der Waals surface area contributed by atoms with Gasteiger partial charge in [-0.2, -0.15) is 0 Å². The molecule has 15 heavy (non-hydrogen) atoms. The van der Waals surface area contributed by atoms with Gasteiger partial charge >= 0.3 is 0 Å². The molecule has 0 saturated carbocycles. The third kappa shape index (κ3) is 2.82. The Bertz CT molecular complexity index is 300. The predicted molar refractivity (Wildman–Crippen MR) is 65.0 cm³/mol. The van der Waals surface area contributed by atoms with Gasteiger partial charge in [-0.15, -0.1) is 0 Å². The zero-order valence-corrected chi connectivity index (χ0v) is 9.63. The van der Waals surface area contributed by atoms with Crippen molar-refractivity contribution in [3.63, 3.8) is 0 Å². The summed E-state index contributed by atoms with van der Waals surface area (Å²) in [5.74, 6) is 0. The van der Waals surface area contributed by atoms with E-state index in [2.05, 4.69) is 36.5 Å². The summed E-state index contributed by atoms with van der Waals surface area (Å²) in [7, 11) is 0. The van der Waals surface area contributed by atoms with Gasteiger partial charge in [0.15, 0.2) is 0 Å². The largest absolute Gasteiger partial charge is 0.310 e. The molecule has 0 amide bonds. The fourth-order valence-corrected chi connectivity index (χ4v) is 2.39. The molecule has 0 bridgehead atoms. The van der Waals surface area contributed by atoms with Crippen LogP contribution in [0, 0.1) is 0 Å². The Morgan fingerprint density at radius 1 is 1.33 bits per heavy atom. The SMILES string of the molecule is CCCc1cccc(C2CCCCN2)c1. The van der Waals surface area contributed by atoms with Crippen LogP contribution in [-0.2, 0) is 6.42 Å². The van der Waals surface area contributed by atoms with Gasteiger partial charge in [0, 0.05) is 6.04 Å². The molecule has 1 aliphatic rings. The molecule has 0 spiro atoms. The van der Waals surface area contributed by atoms with Gasteiger partial charge in [-0.3, -0.25) is 0 Å². The van der Waals surface area contributed by atoms with Gasteiger partial charge in [0.05, 0.1) is 0 Å². The second kappa shape index (κ2) is 5.32. The smallest absolute Gasteiger partial charge is 0.0320 e. The predicted octanol–water partition coefficient (Wildman–Crippen LogP) is 3.45. The van der Waals surface area contributed by atoms with Crippen molar-refractivity contribution in [2.45, 2.75) is 45.1 Å². The Balaban J connectivity index is 2.09. The molecule has 1 heteroatoms. The molecule has 1 heterocycles. The Morgan fingerprint density at radius 3 is 3.00 bits per heavy atom. The van der Waals surface area contributed by atoms with E-state index in [-0.39, 0.29) is 0 Å². The summed E-state index contributed by atoms with van der Waals surface area (Å²) in [6.45, 7) is 3.42. The van der Waals surface area contributed by atoms with Crippen molar-refractivity contribution >= 4 is 0 Å². The van der Waals surface area contributed by atoms with E-state index in [0.717, 1.165) is 0 Å². The molecule has 0 aliphatic carbocycles. The summed E-state index contributed by atoms with van der Waals surface area (Å²) >= 11 is 0. The standard InChI is InChI=1S/C14H21N/c1-2-6-12-7-5-8-13(11-12)14-9-3-4-10-15-14/h5,7-8,11,14-15H,2-4,6,9-10H2,1H3. The van der Waals surface area contributed by atoms with Gasteiger partial charge in [0.25, 0.3) is 0 Å². The van der Waals surface area contributed by atoms with Gasteiger partial charge in [-0.05, 0) is 36.9 Å². The second-order valence-corrected chi connectivity index (χ2v) is 4.50. The molecule has 0 aromatic heterocycles. The number of nitrogens with one attached hydrogen (secondary N) is 1. The number of aryl methyl sites for hydroxylation is 1. The fourth-order valence-electron chi connectivity index (χ4n) is 2.39. The first-order valence-electron chi connectivity index (χ1n) is 6.22. The lowest BCUT2D eigenvalue weighted by molar-refractivity contribution is 0.412. The van der Waals surface area contributed by atoms with Crippen molar-refractivity contribution in [1.82, 2.24) is 5.32 Å². The molecule has 1 N–H and O–H groups in total. The van der Waals surface area contributed by atoms with Crippen LogP contribution in [-0.4, -0.2) is 6.54 Å². The maximum absolute atomic E-state index is 3.60. The van der Waals surface area contributed by atoms with Crippen molar-refractivity contribution in [2.24, 2.45) is 0 Å². The zero-order valence-electron chi connectivity index (χ0n) is 9.63. The molecule has 1 saturated heterocycles. The van der Waals surface area contributed by atoms with E-state index in [4.69, 9.17) is 0 Å². The lowest BCUT2D eigenvalue weighted by Crippen LogP contribution is -2.26. The third-order valence-corrected chi connectivity index (χ3v) is 3.20. The van der Waals surface area contributed by atoms with Crippen LogP contribution < -0.4 is 5.32 Å². The number of benzene rings is 1. The molecule has 1 fully saturated rings. The van der Waals surface area contributed by atoms with Crippen LogP contribution in [0.2, 0.25) is 0 Å². The quantitative estimate of drug-likeness (QED) is 0.793. The van der Waals surface area contributed by atoms with Crippen molar-refractivity contribution < 1.29 is 0 Å². The van der Waals surface area contributed by atoms with Crippen LogP contribution in [0.3, 0.4) is 0 Å². The number of rotatable bonds is 3. The normalized spacial score (nSPS) is 21.5. The van der Waals surface area contributed by atoms with Gasteiger partial charge in [-0.25, -0.2) is 0 Å². The van der Waals surface area contributed by atoms with E-state index in [1.165, 1.54) is 49.8 Å². The maximum Gasteiger partial charge on any atom is 0.0320 e. The first-order valence-corrected chi connectivity index (χ1v) is 6.22. The summed E-state index contributed by atoms with van der Waals surface area (Å²) in [6, 6.07) is 9.71. The molecular weight excluding hydrogens is 182 g/mol. The molecule has 1 aromatic rings. The second-order valence-electron chi connectivity index (χ2n) is 4.50. The summed E-state index contributed by atoms with van der Waals surface area (Å²) in [4.78, 5) is 0. The first kappa shape index (κ1) is 10.7. The highest BCUT2D eigenvalue weighted by atomic mass is 14.9. The molecular formula is C14H21N. The molecule has 1 unspecified atom stereocenters. The van der Waals surface area contributed by atoms with Crippen LogP contribution >= 0.6 is 0 Å². The van der Waals surface area contributed by atoms with E-state index in [1.54, 1.807) is 0 Å². The lowest BCUT2D eigenvalue weighted by atomic mass is 9.95. The topological polar surface area (TPSA) is 12.0 Å². The van der Waals surface area contributed by atoms with Crippen LogP contribution in [0.25, 0.3) is 0 Å². The monoisotopic (exact) mass is 203 g/mol. The minimum atomic E-state index is 0.607. The molecule has 1 aliphatic heterocycles. The average Bonchev–Trinajstić information content (AvgIpc) is 2.31. The molecule has 0 radical (unpaired) electrons. The molecule has 1 atom stereocenters. The van der Waals surface area contributed by atoms with Gasteiger partial charge in [-0.1, -0.05) is 44.0 Å². The zero-order chi connectivity index (χ0) is 10.5. The van der Waals surface area contributed by atoms with Crippen LogP contribution in [0.15, 0.2) is 24.3 Å². The van der Waals surface area contributed by atoms with Gasteiger partial charge < -0.3 is 5.32 Å². The van der Waals surface area contributed by atoms with Crippen LogP contribution in [0.1, 0.15) is 49.8 Å². The van der Waals surface area contributed by atoms with Crippen molar-refractivity contribution in [3.05, 3.63) is 35.4 Å². The minimum absolute atomic E-state index is 0.607. The Hall–Kier alpha value is -0.820. The Labute approximate surface area is 92.9 Å². The van der Waals surface area contributed by atoms with E-state index >= 15 is 0 Å². The van der Waals surface area contributed by atoms with Gasteiger partial charge in [0.2, 0.25) is 0 Å². The van der Waals surface area contributed by atoms with E-state index in [1.807, 2.05) is 0 Å². The summed E-state index contributed by atoms with van der Waals surface area (Å²) < 4.78 is 0. The maximum atomic E-state index is 3.60. The number of hydrogen-bond donors (Lipinski definition) is 1. The van der Waals surface area contributed by atoms with Gasteiger partial charge in [0.1, 0.15) is 0 Å². The Morgan fingerprint density at radius 2 is 2.27 bits per heavy atom. The highest BCUT2D eigenvalue weighted by Gasteiger charge is 2.14. The van der Waals surface area contributed by atoms with E-state index < -0.39 is 0 Å². The third-order valence-electron chi connectivity index (χ3n) is 3.20. The summed E-state index contributed by atoms with van der Waals surface area (Å²) in [5.41, 5.74) is 2.98. The van der Waals surface area contributed by atoms with E-state index in [0.29, 0.717) is 6.04 Å². The van der Waals surface area contributed by atoms with Crippen molar-refractivity contribution in [2.75, 3.05) is 6.54 Å². The fraction of sp³-hybridized carbons (Fsp3) is 0.571. The number of piperidine rings is 1. The highest BCUT2D eigenvalue weighted by Crippen LogP contribution is 2.23. The summed E-state index contributed by atoms with van der Waals surface area (Å²) in [6.07, 6.45) is 6.46. The molecule has 1 aromatic carbocycles. The minimum Gasteiger partial charge on any atom is -0.310 e.